The highest BCUT2D eigenvalue weighted by atomic mass is 32.2. The number of hydrogen-bond acceptors (Lipinski definition) is 14. The zero-order valence-corrected chi connectivity index (χ0v) is 25.8. The molecule has 0 aliphatic rings. The predicted molar refractivity (Wildman–Crippen MR) is 154 cm³/mol. The molecular weight excluding hydrogens is 592 g/mol. The maximum atomic E-state index is 12.5. The van der Waals surface area contributed by atoms with Gasteiger partial charge in [-0.3, -0.25) is 14.9 Å². The van der Waals surface area contributed by atoms with Gasteiger partial charge in [0.05, 0.1) is 25.8 Å². The van der Waals surface area contributed by atoms with Gasteiger partial charge >= 0.3 is 6.03 Å². The lowest BCUT2D eigenvalue weighted by Gasteiger charge is -2.16. The molecule has 17 nitrogen and oxygen atoms in total. The highest BCUT2D eigenvalue weighted by molar-refractivity contribution is 7.98. The number of ether oxygens (including phenoxy) is 2. The molecule has 3 amide bonds. The van der Waals surface area contributed by atoms with Gasteiger partial charge < -0.3 is 20.2 Å². The smallest absolute Gasteiger partial charge is 0.335 e. The molecule has 0 aromatic carbocycles. The van der Waals surface area contributed by atoms with Gasteiger partial charge in [-0.05, 0) is 18.4 Å². The van der Waals surface area contributed by atoms with E-state index >= 15 is 0 Å². The molecule has 0 spiro atoms. The molecule has 0 unspecified atom stereocenters. The zero-order valence-electron chi connectivity index (χ0n) is 24.2. The number of nitrogens with zero attached hydrogens (tertiary/aromatic N) is 7. The first-order chi connectivity index (χ1) is 19.5. The quantitative estimate of drug-likeness (QED) is 0.240. The number of pyridine rings is 1. The van der Waals surface area contributed by atoms with Gasteiger partial charge in [-0.15, -0.1) is 10.2 Å². The van der Waals surface area contributed by atoms with Crippen molar-refractivity contribution >= 4 is 39.7 Å². The van der Waals surface area contributed by atoms with Gasteiger partial charge in [0.2, 0.25) is 22.9 Å². The van der Waals surface area contributed by atoms with Gasteiger partial charge in [-0.1, -0.05) is 32.5 Å². The van der Waals surface area contributed by atoms with Crippen molar-refractivity contribution in [1.82, 2.24) is 39.4 Å². The van der Waals surface area contributed by atoms with Crippen molar-refractivity contribution in [3.05, 3.63) is 46.0 Å². The summed E-state index contributed by atoms with van der Waals surface area (Å²) < 4.78 is 37.7. The Morgan fingerprint density at radius 2 is 1.69 bits per heavy atom. The van der Waals surface area contributed by atoms with Crippen LogP contribution in [0.2, 0.25) is 0 Å². The van der Waals surface area contributed by atoms with Crippen LogP contribution in [0.25, 0.3) is 0 Å². The molecule has 3 aromatic heterocycles. The number of carbonyl (C=O) groups excluding carboxylic acids is 2. The number of amides is 3. The summed E-state index contributed by atoms with van der Waals surface area (Å²) >= 11 is 1.29. The molecule has 0 aliphatic carbocycles. The summed E-state index contributed by atoms with van der Waals surface area (Å²) in [7, 11) is 1.15. The van der Waals surface area contributed by atoms with E-state index in [4.69, 9.17) is 15.3 Å². The van der Waals surface area contributed by atoms with E-state index in [9.17, 15) is 22.8 Å². The lowest BCUT2D eigenvalue weighted by atomic mass is 9.93. The molecule has 19 heteroatoms. The number of nitrogen functional groups attached to an aromatic ring is 1. The molecule has 3 heterocycles. The molecule has 0 radical (unpaired) electrons. The number of thioether (sulfide) groups is 1. The zero-order chi connectivity index (χ0) is 31.8. The summed E-state index contributed by atoms with van der Waals surface area (Å²) in [6.07, 6.45) is 2.98. The van der Waals surface area contributed by atoms with Crippen LogP contribution >= 0.6 is 11.8 Å². The first-order valence-electron chi connectivity index (χ1n) is 11.8. The molecular formula is C23H32N10O7S2. The van der Waals surface area contributed by atoms with E-state index in [1.54, 1.807) is 11.0 Å². The predicted octanol–water partition coefficient (Wildman–Crippen LogP) is 0.473. The van der Waals surface area contributed by atoms with Gasteiger partial charge in [-0.2, -0.15) is 23.1 Å². The molecule has 228 valence electrons. The van der Waals surface area contributed by atoms with Gasteiger partial charge in [0, 0.05) is 25.7 Å². The van der Waals surface area contributed by atoms with E-state index < -0.39 is 27.0 Å². The molecule has 0 saturated carbocycles. The van der Waals surface area contributed by atoms with Gasteiger partial charge in [0.1, 0.15) is 5.69 Å². The van der Waals surface area contributed by atoms with Crippen molar-refractivity contribution in [3.8, 4) is 11.8 Å². The number of carbonyl (C=O) groups is 2. The molecule has 0 aliphatic heterocycles. The van der Waals surface area contributed by atoms with E-state index in [2.05, 4.69) is 30.5 Å². The Balaban J connectivity index is 0.000000369. The van der Waals surface area contributed by atoms with Crippen LogP contribution < -0.4 is 30.9 Å². The Bertz CT molecular complexity index is 1580. The van der Waals surface area contributed by atoms with E-state index in [1.807, 2.05) is 20.8 Å². The number of rotatable bonds is 7. The van der Waals surface area contributed by atoms with Crippen molar-refractivity contribution in [1.29, 1.82) is 0 Å². The molecule has 0 atom stereocenters. The third-order valence-electron chi connectivity index (χ3n) is 4.97. The maximum absolute atomic E-state index is 12.5. The van der Waals surface area contributed by atoms with E-state index in [0.717, 1.165) is 4.68 Å². The highest BCUT2D eigenvalue weighted by Gasteiger charge is 2.27. The van der Waals surface area contributed by atoms with E-state index in [1.165, 1.54) is 69.4 Å². The number of methoxy groups -OCH3 is 2. The average Bonchev–Trinajstić information content (AvgIpc) is 2.93. The van der Waals surface area contributed by atoms with Crippen LogP contribution in [0.3, 0.4) is 0 Å². The summed E-state index contributed by atoms with van der Waals surface area (Å²) in [4.78, 5) is 48.6. The number of nitrogens with one attached hydrogen (secondary N) is 2. The third-order valence-corrected chi connectivity index (χ3v) is 6.90. The SMILES string of the molecule is COc1cc(OC)nc(NC(=O)NS(=O)(=O)c2ncccc2C(=O)N(C)C)n1.CSc1nnc(C(C)(C)C)c(=O)n1N. The monoisotopic (exact) mass is 624 g/mol. The third kappa shape index (κ3) is 8.49. The Kier molecular flexibility index (Phi) is 11.1. The van der Waals surface area contributed by atoms with Gasteiger partial charge in [-0.25, -0.2) is 14.5 Å². The second-order valence-corrected chi connectivity index (χ2v) is 11.7. The minimum Gasteiger partial charge on any atom is -0.481 e. The van der Waals surface area contributed by atoms with Crippen LogP contribution in [0.4, 0.5) is 10.7 Å². The minimum absolute atomic E-state index is 0.0913. The normalized spacial score (nSPS) is 11.0. The summed E-state index contributed by atoms with van der Waals surface area (Å²) in [5, 5.41) is 9.76. The van der Waals surface area contributed by atoms with Crippen LogP contribution in [0.5, 0.6) is 11.8 Å². The molecule has 4 N–H and O–H groups in total. The maximum Gasteiger partial charge on any atom is 0.335 e. The summed E-state index contributed by atoms with van der Waals surface area (Å²) in [5.74, 6) is 4.91. The number of sulfonamides is 1. The van der Waals surface area contributed by atoms with Crippen LogP contribution in [0.15, 0.2) is 39.4 Å². The largest absolute Gasteiger partial charge is 0.481 e. The molecule has 3 aromatic rings. The van der Waals surface area contributed by atoms with Crippen LogP contribution in [-0.2, 0) is 15.4 Å². The van der Waals surface area contributed by atoms with Crippen molar-refractivity contribution in [2.45, 2.75) is 36.4 Å². The number of hydrogen-bond donors (Lipinski definition) is 3. The first-order valence-corrected chi connectivity index (χ1v) is 14.5. The van der Waals surface area contributed by atoms with Crippen LogP contribution in [0.1, 0.15) is 36.8 Å². The van der Waals surface area contributed by atoms with E-state index in [-0.39, 0.29) is 34.2 Å². The fourth-order valence-electron chi connectivity index (χ4n) is 2.97. The molecule has 3 rings (SSSR count). The topological polar surface area (TPSA) is 227 Å². The van der Waals surface area contributed by atoms with Gasteiger partial charge in [0.15, 0.2) is 5.03 Å². The number of anilines is 1. The minimum atomic E-state index is -4.46. The lowest BCUT2D eigenvalue weighted by Crippen LogP contribution is -2.37. The Morgan fingerprint density at radius 1 is 1.10 bits per heavy atom. The fourth-order valence-corrected chi connectivity index (χ4v) is 4.41. The van der Waals surface area contributed by atoms with Gasteiger partial charge in [0.25, 0.3) is 21.5 Å². The molecule has 0 saturated heterocycles. The standard InChI is InChI=1S/C15H18N6O6S.C8H14N4OS/c1-21(2)13(22)9-6-5-7-16-12(9)28(24,25)20-15(23)19-14-17-10(26-3)8-11(18-14)27-4;1-8(2,3)5-6(13)12(9)7(14-4)11-10-5/h5-8H,1-4H3,(H2,17,18,19,20,23);9H2,1-4H3. The number of urea groups is 1. The summed E-state index contributed by atoms with van der Waals surface area (Å²) in [5.41, 5.74) is -0.413. The fraction of sp³-hybridized carbons (Fsp3) is 0.391. The first kappa shape index (κ1) is 33.7. The summed E-state index contributed by atoms with van der Waals surface area (Å²) in [6.45, 7) is 5.70. The number of nitrogens with two attached hydrogens (primary N) is 1. The molecule has 0 fully saturated rings. The Hall–Kier alpha value is -4.52. The number of aromatic nitrogens is 6. The second-order valence-electron chi connectivity index (χ2n) is 9.35. The van der Waals surface area contributed by atoms with Crippen molar-refractivity contribution in [2.24, 2.45) is 0 Å². The van der Waals surface area contributed by atoms with Crippen molar-refractivity contribution in [2.75, 3.05) is 45.7 Å². The second kappa shape index (κ2) is 13.9. The molecule has 0 bridgehead atoms. The van der Waals surface area contributed by atoms with Crippen molar-refractivity contribution in [3.63, 3.8) is 0 Å². The Morgan fingerprint density at radius 3 is 2.19 bits per heavy atom. The van der Waals surface area contributed by atoms with E-state index in [0.29, 0.717) is 10.9 Å². The average molecular weight is 625 g/mol. The van der Waals surface area contributed by atoms with Crippen LogP contribution in [0, 0.1) is 0 Å². The summed E-state index contributed by atoms with van der Waals surface area (Å²) in [6, 6.07) is 2.90. The lowest BCUT2D eigenvalue weighted by molar-refractivity contribution is 0.0823. The molecule has 42 heavy (non-hydrogen) atoms. The van der Waals surface area contributed by atoms with Crippen LogP contribution in [-0.4, -0.2) is 89.7 Å². The highest BCUT2D eigenvalue weighted by Crippen LogP contribution is 2.18. The Labute approximate surface area is 246 Å². The van der Waals surface area contributed by atoms with Crippen molar-refractivity contribution < 1.29 is 27.5 Å².